The molecule has 1 aromatic heterocycles. The number of morpholine rings is 1. The second-order valence-electron chi connectivity index (χ2n) is 4.33. The van der Waals surface area contributed by atoms with Gasteiger partial charge in [0.25, 0.3) is 5.91 Å². The lowest BCUT2D eigenvalue weighted by atomic mass is 10.1. The van der Waals surface area contributed by atoms with Crippen LogP contribution in [0.2, 0.25) is 5.15 Å². The van der Waals surface area contributed by atoms with Crippen molar-refractivity contribution in [3.63, 3.8) is 0 Å². The number of aromatic nitrogens is 1. The highest BCUT2D eigenvalue weighted by Crippen LogP contribution is 2.18. The molecule has 1 atom stereocenters. The molecule has 20 heavy (non-hydrogen) atoms. The Kier molecular flexibility index (Phi) is 4.51. The fourth-order valence-electron chi connectivity index (χ4n) is 1.96. The minimum absolute atomic E-state index is 0.0392. The largest absolute Gasteiger partial charge is 0.481 e. The lowest BCUT2D eigenvalue weighted by Gasteiger charge is -2.32. The number of hydrogen-bond acceptors (Lipinski definition) is 4. The molecule has 1 saturated heterocycles. The van der Waals surface area contributed by atoms with E-state index in [-0.39, 0.29) is 30.3 Å². The zero-order valence-electron chi connectivity index (χ0n) is 10.4. The van der Waals surface area contributed by atoms with Crippen LogP contribution in [0, 0.1) is 5.82 Å². The van der Waals surface area contributed by atoms with Crippen molar-refractivity contribution >= 4 is 23.5 Å². The molecule has 1 amide bonds. The maximum atomic E-state index is 13.1. The molecule has 1 fully saturated rings. The van der Waals surface area contributed by atoms with Gasteiger partial charge in [0.15, 0.2) is 0 Å². The van der Waals surface area contributed by atoms with Crippen molar-refractivity contribution < 1.29 is 23.8 Å². The summed E-state index contributed by atoms with van der Waals surface area (Å²) >= 11 is 5.78. The highest BCUT2D eigenvalue weighted by Gasteiger charge is 2.28. The number of carbonyl (C=O) groups is 2. The van der Waals surface area contributed by atoms with Crippen molar-refractivity contribution in [1.29, 1.82) is 0 Å². The first-order valence-electron chi connectivity index (χ1n) is 5.91. The van der Waals surface area contributed by atoms with Gasteiger partial charge in [0.05, 0.1) is 30.9 Å². The number of carboxylic acids is 1. The molecule has 1 aromatic rings. The Hall–Kier alpha value is -1.73. The Morgan fingerprint density at radius 3 is 3.05 bits per heavy atom. The number of ether oxygens (including phenoxy) is 1. The van der Waals surface area contributed by atoms with E-state index in [0.717, 1.165) is 12.3 Å². The van der Waals surface area contributed by atoms with Crippen LogP contribution in [0.15, 0.2) is 12.3 Å². The van der Waals surface area contributed by atoms with Crippen molar-refractivity contribution in [2.24, 2.45) is 0 Å². The van der Waals surface area contributed by atoms with Crippen LogP contribution < -0.4 is 0 Å². The first-order chi connectivity index (χ1) is 9.47. The zero-order valence-corrected chi connectivity index (χ0v) is 11.1. The molecule has 8 heteroatoms. The van der Waals surface area contributed by atoms with E-state index in [1.54, 1.807) is 0 Å². The average Bonchev–Trinajstić information content (AvgIpc) is 2.40. The minimum atomic E-state index is -1.00. The number of carboxylic acid groups (broad SMARTS) is 1. The minimum Gasteiger partial charge on any atom is -0.481 e. The summed E-state index contributed by atoms with van der Waals surface area (Å²) in [4.78, 5) is 27.9. The molecule has 1 unspecified atom stereocenters. The fourth-order valence-corrected chi connectivity index (χ4v) is 2.15. The van der Waals surface area contributed by atoms with Gasteiger partial charge in [-0.1, -0.05) is 11.6 Å². The molecule has 0 aliphatic carbocycles. The predicted molar refractivity (Wildman–Crippen MR) is 67.1 cm³/mol. The Morgan fingerprint density at radius 2 is 2.35 bits per heavy atom. The van der Waals surface area contributed by atoms with Crippen LogP contribution in [0.1, 0.15) is 16.8 Å². The molecular formula is C12H12ClFN2O4. The normalized spacial score (nSPS) is 18.9. The molecule has 1 N–H and O–H groups in total. The van der Waals surface area contributed by atoms with Crippen molar-refractivity contribution in [3.8, 4) is 0 Å². The highest BCUT2D eigenvalue weighted by atomic mass is 35.5. The summed E-state index contributed by atoms with van der Waals surface area (Å²) in [6, 6.07) is 1.01. The van der Waals surface area contributed by atoms with Gasteiger partial charge in [-0.15, -0.1) is 0 Å². The average molecular weight is 303 g/mol. The Balaban J connectivity index is 2.12. The number of aliphatic carboxylic acids is 1. The van der Waals surface area contributed by atoms with E-state index in [1.807, 2.05) is 0 Å². The maximum absolute atomic E-state index is 13.1. The van der Waals surface area contributed by atoms with E-state index >= 15 is 0 Å². The van der Waals surface area contributed by atoms with Crippen LogP contribution in [-0.4, -0.2) is 52.7 Å². The number of hydrogen-bond donors (Lipinski definition) is 1. The number of rotatable bonds is 3. The molecule has 6 nitrogen and oxygen atoms in total. The first kappa shape index (κ1) is 14.7. The highest BCUT2D eigenvalue weighted by molar-refractivity contribution is 6.32. The third kappa shape index (κ3) is 3.43. The Bertz CT molecular complexity index is 540. The topological polar surface area (TPSA) is 79.7 Å². The van der Waals surface area contributed by atoms with Crippen molar-refractivity contribution in [2.75, 3.05) is 19.7 Å². The number of halogens is 2. The van der Waals surface area contributed by atoms with Crippen molar-refractivity contribution in [2.45, 2.75) is 12.5 Å². The smallest absolute Gasteiger partial charge is 0.306 e. The summed E-state index contributed by atoms with van der Waals surface area (Å²) in [5, 5.41) is 8.64. The quantitative estimate of drug-likeness (QED) is 0.848. The third-order valence-corrected chi connectivity index (χ3v) is 3.17. The van der Waals surface area contributed by atoms with Gasteiger partial charge in [0, 0.05) is 13.1 Å². The lowest BCUT2D eigenvalue weighted by molar-refractivity contribution is -0.141. The molecule has 0 bridgehead atoms. The van der Waals surface area contributed by atoms with Gasteiger partial charge < -0.3 is 14.7 Å². The molecule has 108 valence electrons. The van der Waals surface area contributed by atoms with Crippen LogP contribution in [0.3, 0.4) is 0 Å². The summed E-state index contributed by atoms with van der Waals surface area (Å²) in [6.45, 7) is 0.643. The zero-order chi connectivity index (χ0) is 14.7. The molecular weight excluding hydrogens is 291 g/mol. The molecule has 1 aliphatic rings. The maximum Gasteiger partial charge on any atom is 0.306 e. The summed E-state index contributed by atoms with van der Waals surface area (Å²) in [7, 11) is 0. The van der Waals surface area contributed by atoms with E-state index in [0.29, 0.717) is 6.54 Å². The molecule has 2 heterocycles. The number of carbonyl (C=O) groups excluding carboxylic acids is 1. The van der Waals surface area contributed by atoms with Crippen molar-refractivity contribution in [1.82, 2.24) is 9.88 Å². The molecule has 0 spiro atoms. The lowest BCUT2D eigenvalue weighted by Crippen LogP contribution is -2.46. The summed E-state index contributed by atoms with van der Waals surface area (Å²) in [5.74, 6) is -2.15. The van der Waals surface area contributed by atoms with E-state index in [2.05, 4.69) is 4.98 Å². The van der Waals surface area contributed by atoms with Crippen LogP contribution in [-0.2, 0) is 9.53 Å². The molecule has 0 saturated carbocycles. The van der Waals surface area contributed by atoms with E-state index in [1.165, 1.54) is 4.90 Å². The second-order valence-corrected chi connectivity index (χ2v) is 4.69. The standard InChI is InChI=1S/C12H12ClFN2O4/c13-11-9(3-7(14)5-15-11)12(19)16-1-2-20-8(6-16)4-10(17)18/h3,5,8H,1-2,4,6H2,(H,17,18). The van der Waals surface area contributed by atoms with Gasteiger partial charge in [-0.25, -0.2) is 9.37 Å². The number of amides is 1. The van der Waals surface area contributed by atoms with E-state index < -0.39 is 23.8 Å². The van der Waals surface area contributed by atoms with E-state index in [9.17, 15) is 14.0 Å². The fraction of sp³-hybridized carbons (Fsp3) is 0.417. The van der Waals surface area contributed by atoms with Gasteiger partial charge >= 0.3 is 5.97 Å². The SMILES string of the molecule is O=C(O)CC1CN(C(=O)c2cc(F)cnc2Cl)CCO1. The molecule has 2 rings (SSSR count). The summed E-state index contributed by atoms with van der Waals surface area (Å²) < 4.78 is 18.4. The summed E-state index contributed by atoms with van der Waals surface area (Å²) in [6.07, 6.45) is 0.149. The number of pyridine rings is 1. The molecule has 0 aromatic carbocycles. The van der Waals surface area contributed by atoms with Crippen LogP contribution in [0.5, 0.6) is 0 Å². The van der Waals surface area contributed by atoms with Gasteiger partial charge in [0.1, 0.15) is 11.0 Å². The summed E-state index contributed by atoms with van der Waals surface area (Å²) in [5.41, 5.74) is -0.0392. The van der Waals surface area contributed by atoms with Crippen LogP contribution in [0.4, 0.5) is 4.39 Å². The molecule has 0 radical (unpaired) electrons. The Labute approximate surface area is 119 Å². The van der Waals surface area contributed by atoms with Gasteiger partial charge in [0.2, 0.25) is 0 Å². The molecule has 1 aliphatic heterocycles. The van der Waals surface area contributed by atoms with Crippen LogP contribution in [0.25, 0.3) is 0 Å². The van der Waals surface area contributed by atoms with Gasteiger partial charge in [-0.05, 0) is 6.07 Å². The van der Waals surface area contributed by atoms with Crippen LogP contribution >= 0.6 is 11.6 Å². The third-order valence-electron chi connectivity index (χ3n) is 2.86. The van der Waals surface area contributed by atoms with Gasteiger partial charge in [-0.2, -0.15) is 0 Å². The second kappa shape index (κ2) is 6.15. The van der Waals surface area contributed by atoms with E-state index in [4.69, 9.17) is 21.4 Å². The predicted octanol–water partition coefficient (Wildman–Crippen LogP) is 1.19. The number of nitrogens with zero attached hydrogens (tertiary/aromatic N) is 2. The monoisotopic (exact) mass is 302 g/mol. The van der Waals surface area contributed by atoms with Gasteiger partial charge in [-0.3, -0.25) is 9.59 Å². The van der Waals surface area contributed by atoms with Crippen molar-refractivity contribution in [3.05, 3.63) is 28.8 Å². The Morgan fingerprint density at radius 1 is 1.60 bits per heavy atom. The first-order valence-corrected chi connectivity index (χ1v) is 6.29.